The molecule has 0 aromatic heterocycles. The van der Waals surface area contributed by atoms with Crippen LogP contribution in [0.25, 0.3) is 0 Å². The minimum absolute atomic E-state index is 0.127. The number of hydrogen-bond donors (Lipinski definition) is 1. The number of hydrogen-bond acceptors (Lipinski definition) is 5. The fraction of sp³-hybridized carbons (Fsp3) is 0.850. The number of carbonyl (C=O) groups is 3. The van der Waals surface area contributed by atoms with Crippen LogP contribution < -0.4 is 5.32 Å². The first kappa shape index (κ1) is 22.5. The zero-order chi connectivity index (χ0) is 19.2. The molecule has 150 valence electrons. The largest absolute Gasteiger partial charge is 0.461 e. The Hall–Kier alpha value is -1.59. The first-order chi connectivity index (χ1) is 12.6. The van der Waals surface area contributed by atoms with E-state index in [1.54, 1.807) is 0 Å². The maximum Gasteiger partial charge on any atom is 0.325 e. The van der Waals surface area contributed by atoms with E-state index in [0.717, 1.165) is 19.3 Å². The fourth-order valence-electron chi connectivity index (χ4n) is 3.21. The number of amides is 1. The van der Waals surface area contributed by atoms with Crippen LogP contribution in [0.5, 0.6) is 0 Å². The van der Waals surface area contributed by atoms with Crippen LogP contribution in [0.3, 0.4) is 0 Å². The van der Waals surface area contributed by atoms with E-state index in [1.807, 2.05) is 6.92 Å². The molecule has 1 rings (SSSR count). The molecule has 0 aliphatic carbocycles. The summed E-state index contributed by atoms with van der Waals surface area (Å²) in [6.07, 6.45) is 12.5. The predicted molar refractivity (Wildman–Crippen MR) is 99.5 cm³/mol. The van der Waals surface area contributed by atoms with Crippen molar-refractivity contribution in [1.82, 2.24) is 5.32 Å². The third-order valence-electron chi connectivity index (χ3n) is 4.95. The Morgan fingerprint density at radius 3 is 2.31 bits per heavy atom. The second-order valence-corrected chi connectivity index (χ2v) is 7.23. The van der Waals surface area contributed by atoms with Gasteiger partial charge in [-0.1, -0.05) is 58.3 Å². The van der Waals surface area contributed by atoms with Crippen molar-refractivity contribution in [3.8, 4) is 0 Å². The quantitative estimate of drug-likeness (QED) is 0.256. The lowest BCUT2D eigenvalue weighted by atomic mass is 9.92. The van der Waals surface area contributed by atoms with Crippen molar-refractivity contribution in [2.45, 2.75) is 96.7 Å². The van der Waals surface area contributed by atoms with Crippen molar-refractivity contribution in [2.24, 2.45) is 5.92 Å². The van der Waals surface area contributed by atoms with Gasteiger partial charge in [-0.05, 0) is 19.8 Å². The molecule has 3 atom stereocenters. The minimum Gasteiger partial charge on any atom is -0.461 e. The first-order valence-electron chi connectivity index (χ1n) is 10.2. The van der Waals surface area contributed by atoms with Crippen LogP contribution in [0.4, 0.5) is 0 Å². The maximum absolute atomic E-state index is 11.8. The highest BCUT2D eigenvalue weighted by Gasteiger charge is 2.40. The van der Waals surface area contributed by atoms with Gasteiger partial charge in [-0.3, -0.25) is 14.4 Å². The second kappa shape index (κ2) is 13.6. The van der Waals surface area contributed by atoms with Gasteiger partial charge in [0.05, 0.1) is 5.92 Å². The molecule has 1 N–H and O–H groups in total. The summed E-state index contributed by atoms with van der Waals surface area (Å²) in [6.45, 7) is 3.93. The third-order valence-corrected chi connectivity index (χ3v) is 4.95. The van der Waals surface area contributed by atoms with Gasteiger partial charge in [-0.25, -0.2) is 0 Å². The molecule has 0 unspecified atom stereocenters. The molecular weight excluding hydrogens is 334 g/mol. The van der Waals surface area contributed by atoms with Gasteiger partial charge in [0.15, 0.2) is 0 Å². The molecule has 1 fully saturated rings. The van der Waals surface area contributed by atoms with E-state index < -0.39 is 5.97 Å². The number of nitrogens with one attached hydrogen (secondary N) is 1. The monoisotopic (exact) mass is 369 g/mol. The highest BCUT2D eigenvalue weighted by atomic mass is 16.6. The number of carbonyl (C=O) groups excluding carboxylic acids is 3. The van der Waals surface area contributed by atoms with E-state index in [4.69, 9.17) is 9.47 Å². The second-order valence-electron chi connectivity index (χ2n) is 7.23. The van der Waals surface area contributed by atoms with E-state index in [0.29, 0.717) is 12.8 Å². The van der Waals surface area contributed by atoms with Crippen molar-refractivity contribution in [3.05, 3.63) is 0 Å². The van der Waals surface area contributed by atoms with Crippen LogP contribution in [0.15, 0.2) is 0 Å². The maximum atomic E-state index is 11.8. The summed E-state index contributed by atoms with van der Waals surface area (Å²) in [7, 11) is 0. The standard InChI is InChI=1S/C20H35NO5/c1-3-4-5-6-7-8-9-10-11-12-17(25-19(23)14-21-15-22)13-18-16(2)20(24)26-18/h15-18H,3-14H2,1-2H3,(H,21,22)/t16-,17-,18-/m0/s1. The Morgan fingerprint density at radius 1 is 1.15 bits per heavy atom. The zero-order valence-corrected chi connectivity index (χ0v) is 16.3. The van der Waals surface area contributed by atoms with Crippen molar-refractivity contribution in [3.63, 3.8) is 0 Å². The molecule has 1 aliphatic heterocycles. The zero-order valence-electron chi connectivity index (χ0n) is 16.3. The topological polar surface area (TPSA) is 81.7 Å². The lowest BCUT2D eigenvalue weighted by Crippen LogP contribution is -2.45. The summed E-state index contributed by atoms with van der Waals surface area (Å²) in [5.74, 6) is -0.769. The predicted octanol–water partition coefficient (Wildman–Crippen LogP) is 3.52. The van der Waals surface area contributed by atoms with Crippen LogP contribution >= 0.6 is 0 Å². The van der Waals surface area contributed by atoms with Gasteiger partial charge in [-0.2, -0.15) is 0 Å². The van der Waals surface area contributed by atoms with Crippen molar-refractivity contribution in [2.75, 3.05) is 6.54 Å². The summed E-state index contributed by atoms with van der Waals surface area (Å²) in [4.78, 5) is 33.3. The van der Waals surface area contributed by atoms with Crippen LogP contribution in [-0.2, 0) is 23.9 Å². The number of esters is 2. The Labute approximate surface area is 157 Å². The number of ether oxygens (including phenoxy) is 2. The lowest BCUT2D eigenvalue weighted by molar-refractivity contribution is -0.187. The molecule has 0 bridgehead atoms. The number of cyclic esters (lactones) is 1. The summed E-state index contributed by atoms with van der Waals surface area (Å²) in [5.41, 5.74) is 0. The molecule has 6 heteroatoms. The minimum atomic E-state index is -0.448. The van der Waals surface area contributed by atoms with Gasteiger partial charge in [0.25, 0.3) is 0 Å². The SMILES string of the molecule is CCCCCCCCCCC[C@@H](C[C@@H]1OC(=O)[C@H]1C)OC(=O)CNC=O. The first-order valence-corrected chi connectivity index (χ1v) is 10.2. The van der Waals surface area contributed by atoms with Crippen LogP contribution in [0.1, 0.15) is 84.5 Å². The molecule has 1 saturated heterocycles. The molecule has 1 aliphatic rings. The van der Waals surface area contributed by atoms with Gasteiger partial charge in [-0.15, -0.1) is 0 Å². The Balaban J connectivity index is 2.22. The Kier molecular flexibility index (Phi) is 11.7. The Bertz CT molecular complexity index is 426. The molecule has 6 nitrogen and oxygen atoms in total. The molecule has 0 radical (unpaired) electrons. The van der Waals surface area contributed by atoms with Gasteiger partial charge in [0.2, 0.25) is 6.41 Å². The average molecular weight is 370 g/mol. The lowest BCUT2D eigenvalue weighted by Gasteiger charge is -2.34. The van der Waals surface area contributed by atoms with Gasteiger partial charge in [0.1, 0.15) is 18.8 Å². The van der Waals surface area contributed by atoms with Gasteiger partial charge >= 0.3 is 11.9 Å². The normalized spacial score (nSPS) is 20.0. The number of unbranched alkanes of at least 4 members (excludes halogenated alkanes) is 8. The van der Waals surface area contributed by atoms with Crippen LogP contribution in [0.2, 0.25) is 0 Å². The van der Waals surface area contributed by atoms with Gasteiger partial charge in [0, 0.05) is 6.42 Å². The molecule has 26 heavy (non-hydrogen) atoms. The highest BCUT2D eigenvalue weighted by molar-refractivity contribution is 5.78. The molecule has 1 heterocycles. The van der Waals surface area contributed by atoms with E-state index in [2.05, 4.69) is 12.2 Å². The van der Waals surface area contributed by atoms with Crippen molar-refractivity contribution < 1.29 is 23.9 Å². The van der Waals surface area contributed by atoms with E-state index in [-0.39, 0.29) is 30.6 Å². The fourth-order valence-corrected chi connectivity index (χ4v) is 3.21. The van der Waals surface area contributed by atoms with Crippen LogP contribution in [0, 0.1) is 5.92 Å². The summed E-state index contributed by atoms with van der Waals surface area (Å²) < 4.78 is 10.6. The van der Waals surface area contributed by atoms with Crippen molar-refractivity contribution >= 4 is 18.3 Å². The smallest absolute Gasteiger partial charge is 0.325 e. The number of rotatable bonds is 16. The summed E-state index contributed by atoms with van der Waals surface area (Å²) >= 11 is 0. The third kappa shape index (κ3) is 9.20. The molecule has 0 aromatic carbocycles. The summed E-state index contributed by atoms with van der Waals surface area (Å²) in [5, 5.41) is 2.31. The van der Waals surface area contributed by atoms with E-state index >= 15 is 0 Å². The van der Waals surface area contributed by atoms with Crippen LogP contribution in [-0.4, -0.2) is 37.1 Å². The highest BCUT2D eigenvalue weighted by Crippen LogP contribution is 2.28. The molecule has 0 aromatic rings. The van der Waals surface area contributed by atoms with Gasteiger partial charge < -0.3 is 14.8 Å². The summed E-state index contributed by atoms with van der Waals surface area (Å²) in [6, 6.07) is 0. The molecule has 0 spiro atoms. The average Bonchev–Trinajstić information content (AvgIpc) is 2.64. The van der Waals surface area contributed by atoms with E-state index in [1.165, 1.54) is 44.9 Å². The van der Waals surface area contributed by atoms with Crippen molar-refractivity contribution in [1.29, 1.82) is 0 Å². The molecular formula is C20H35NO5. The van der Waals surface area contributed by atoms with E-state index in [9.17, 15) is 14.4 Å². The molecule has 0 saturated carbocycles. The molecule has 1 amide bonds. The Morgan fingerprint density at radius 2 is 1.77 bits per heavy atom.